The summed E-state index contributed by atoms with van der Waals surface area (Å²) in [7, 11) is 0. The highest BCUT2D eigenvalue weighted by molar-refractivity contribution is 9.10. The van der Waals surface area contributed by atoms with E-state index in [0.29, 0.717) is 10.7 Å². The van der Waals surface area contributed by atoms with Crippen LogP contribution in [0.4, 0.5) is 0 Å². The highest BCUT2D eigenvalue weighted by Crippen LogP contribution is 2.39. The first kappa shape index (κ1) is 9.03. The molecule has 0 radical (unpaired) electrons. The van der Waals surface area contributed by atoms with E-state index in [1.807, 2.05) is 16.8 Å². The van der Waals surface area contributed by atoms with E-state index < -0.39 is 0 Å². The highest BCUT2D eigenvalue weighted by Gasteiger charge is 2.26. The lowest BCUT2D eigenvalue weighted by atomic mass is 10.3. The monoisotopic (exact) mass is 264 g/mol. The Balaban J connectivity index is 2.07. The van der Waals surface area contributed by atoms with Gasteiger partial charge in [-0.2, -0.15) is 0 Å². The number of hydrogen-bond donors (Lipinski definition) is 0. The molecule has 1 aliphatic carbocycles. The lowest BCUT2D eigenvalue weighted by Crippen LogP contribution is -1.99. The Morgan fingerprint density at radius 1 is 1.33 bits per heavy atom. The van der Waals surface area contributed by atoms with E-state index in [1.54, 1.807) is 12.5 Å². The molecule has 0 spiro atoms. The molecule has 76 valence electrons. The van der Waals surface area contributed by atoms with Gasteiger partial charge in [-0.1, -0.05) is 0 Å². The van der Waals surface area contributed by atoms with Crippen LogP contribution in [0.1, 0.15) is 24.5 Å². The van der Waals surface area contributed by atoms with Crippen LogP contribution in [0.5, 0.6) is 0 Å². The van der Waals surface area contributed by atoms with Crippen molar-refractivity contribution in [2.24, 2.45) is 0 Å². The number of imidazole rings is 1. The van der Waals surface area contributed by atoms with Gasteiger partial charge >= 0.3 is 0 Å². The summed E-state index contributed by atoms with van der Waals surface area (Å²) in [6, 6.07) is 2.03. The van der Waals surface area contributed by atoms with Crippen LogP contribution in [0.2, 0.25) is 0 Å². The largest absolute Gasteiger partial charge is 0.290 e. The van der Waals surface area contributed by atoms with Crippen LogP contribution in [0.3, 0.4) is 0 Å². The number of rotatable bonds is 2. The third-order valence-electron chi connectivity index (χ3n) is 2.47. The minimum absolute atomic E-state index is 0.631. The van der Waals surface area contributed by atoms with Crippen molar-refractivity contribution >= 4 is 15.9 Å². The van der Waals surface area contributed by atoms with Crippen molar-refractivity contribution in [1.82, 2.24) is 19.5 Å². The van der Waals surface area contributed by atoms with Crippen molar-refractivity contribution in [3.05, 3.63) is 35.2 Å². The maximum absolute atomic E-state index is 4.38. The lowest BCUT2D eigenvalue weighted by Gasteiger charge is -2.04. The number of hydrogen-bond acceptors (Lipinski definition) is 3. The summed E-state index contributed by atoms with van der Waals surface area (Å²) < 4.78 is 2.54. The molecule has 0 N–H and O–H groups in total. The normalized spacial score (nSPS) is 15.5. The molecule has 0 saturated heterocycles. The Bertz CT molecular complexity index is 476. The SMILES string of the molecule is Brc1nc(C2CC2)cc(-n2ccnc2)n1. The molecule has 0 atom stereocenters. The van der Waals surface area contributed by atoms with E-state index in [1.165, 1.54) is 12.8 Å². The molecule has 15 heavy (non-hydrogen) atoms. The van der Waals surface area contributed by atoms with Gasteiger partial charge in [0.1, 0.15) is 12.1 Å². The van der Waals surface area contributed by atoms with E-state index in [0.717, 1.165) is 11.5 Å². The van der Waals surface area contributed by atoms with E-state index in [4.69, 9.17) is 0 Å². The molecule has 0 amide bonds. The quantitative estimate of drug-likeness (QED) is 0.782. The number of aromatic nitrogens is 4. The van der Waals surface area contributed by atoms with Crippen molar-refractivity contribution < 1.29 is 0 Å². The van der Waals surface area contributed by atoms with Crippen LogP contribution in [-0.4, -0.2) is 19.5 Å². The molecular formula is C10H9BrN4. The Labute approximate surface area is 95.5 Å². The van der Waals surface area contributed by atoms with Gasteiger partial charge in [-0.25, -0.2) is 15.0 Å². The van der Waals surface area contributed by atoms with Crippen molar-refractivity contribution in [2.75, 3.05) is 0 Å². The highest BCUT2D eigenvalue weighted by atomic mass is 79.9. The van der Waals surface area contributed by atoms with Crippen LogP contribution in [-0.2, 0) is 0 Å². The predicted octanol–water partition coefficient (Wildman–Crippen LogP) is 2.30. The Morgan fingerprint density at radius 2 is 2.20 bits per heavy atom. The van der Waals surface area contributed by atoms with E-state index in [2.05, 4.69) is 30.9 Å². The Morgan fingerprint density at radius 3 is 2.87 bits per heavy atom. The second-order valence-electron chi connectivity index (χ2n) is 3.66. The van der Waals surface area contributed by atoms with Crippen LogP contribution in [0, 0.1) is 0 Å². The summed E-state index contributed by atoms with van der Waals surface area (Å²) in [5.41, 5.74) is 1.13. The van der Waals surface area contributed by atoms with Crippen molar-refractivity contribution in [2.45, 2.75) is 18.8 Å². The van der Waals surface area contributed by atoms with Crippen molar-refractivity contribution in [1.29, 1.82) is 0 Å². The number of halogens is 1. The molecule has 2 aromatic heterocycles. The molecular weight excluding hydrogens is 256 g/mol. The smallest absolute Gasteiger partial charge is 0.198 e. The second kappa shape index (κ2) is 3.41. The topological polar surface area (TPSA) is 43.6 Å². The molecule has 0 unspecified atom stereocenters. The minimum atomic E-state index is 0.631. The molecule has 2 aromatic rings. The maximum Gasteiger partial charge on any atom is 0.198 e. The third kappa shape index (κ3) is 1.79. The molecule has 0 aliphatic heterocycles. The molecule has 4 nitrogen and oxygen atoms in total. The summed E-state index contributed by atoms with van der Waals surface area (Å²) in [5, 5.41) is 0. The zero-order valence-electron chi connectivity index (χ0n) is 7.97. The zero-order chi connectivity index (χ0) is 10.3. The summed E-state index contributed by atoms with van der Waals surface area (Å²) in [6.07, 6.45) is 7.85. The second-order valence-corrected chi connectivity index (χ2v) is 4.37. The molecule has 1 saturated carbocycles. The summed E-state index contributed by atoms with van der Waals surface area (Å²) in [5.74, 6) is 1.50. The van der Waals surface area contributed by atoms with E-state index in [-0.39, 0.29) is 0 Å². The average molecular weight is 265 g/mol. The lowest BCUT2D eigenvalue weighted by molar-refractivity contribution is 0.903. The molecule has 1 aliphatic rings. The van der Waals surface area contributed by atoms with E-state index >= 15 is 0 Å². The molecule has 3 rings (SSSR count). The van der Waals surface area contributed by atoms with Gasteiger partial charge in [-0.3, -0.25) is 4.57 Å². The molecule has 5 heteroatoms. The van der Waals surface area contributed by atoms with Gasteiger partial charge < -0.3 is 0 Å². The van der Waals surface area contributed by atoms with Crippen LogP contribution in [0.25, 0.3) is 5.82 Å². The first-order chi connectivity index (χ1) is 7.33. The summed E-state index contributed by atoms with van der Waals surface area (Å²) >= 11 is 3.34. The Hall–Kier alpha value is -1.23. The number of nitrogens with zero attached hydrogens (tertiary/aromatic N) is 4. The first-order valence-electron chi connectivity index (χ1n) is 4.86. The van der Waals surface area contributed by atoms with Gasteiger partial charge in [-0.05, 0) is 28.8 Å². The summed E-state index contributed by atoms with van der Waals surface area (Å²) in [4.78, 5) is 12.7. The average Bonchev–Trinajstić information content (AvgIpc) is 2.93. The zero-order valence-corrected chi connectivity index (χ0v) is 9.55. The third-order valence-corrected chi connectivity index (χ3v) is 2.82. The minimum Gasteiger partial charge on any atom is -0.290 e. The fourth-order valence-electron chi connectivity index (χ4n) is 1.54. The Kier molecular flexibility index (Phi) is 2.05. The van der Waals surface area contributed by atoms with Crippen molar-refractivity contribution in [3.8, 4) is 5.82 Å². The molecule has 2 heterocycles. The van der Waals surface area contributed by atoms with Gasteiger partial charge in [0, 0.05) is 24.4 Å². The standard InChI is InChI=1S/C10H9BrN4/c11-10-13-8(7-1-2-7)5-9(14-10)15-4-3-12-6-15/h3-7H,1-2H2. The van der Waals surface area contributed by atoms with E-state index in [9.17, 15) is 0 Å². The molecule has 1 fully saturated rings. The first-order valence-corrected chi connectivity index (χ1v) is 5.65. The van der Waals surface area contributed by atoms with Crippen LogP contribution >= 0.6 is 15.9 Å². The maximum atomic E-state index is 4.38. The van der Waals surface area contributed by atoms with Gasteiger partial charge in [0.05, 0.1) is 5.69 Å². The van der Waals surface area contributed by atoms with Crippen LogP contribution in [0.15, 0.2) is 29.5 Å². The predicted molar refractivity (Wildman–Crippen MR) is 58.8 cm³/mol. The van der Waals surface area contributed by atoms with Gasteiger partial charge in [0.2, 0.25) is 0 Å². The fraction of sp³-hybridized carbons (Fsp3) is 0.300. The van der Waals surface area contributed by atoms with Crippen molar-refractivity contribution in [3.63, 3.8) is 0 Å². The summed E-state index contributed by atoms with van der Waals surface area (Å²) in [6.45, 7) is 0. The van der Waals surface area contributed by atoms with Crippen LogP contribution < -0.4 is 0 Å². The van der Waals surface area contributed by atoms with Gasteiger partial charge in [-0.15, -0.1) is 0 Å². The van der Waals surface area contributed by atoms with Gasteiger partial charge in [0.15, 0.2) is 4.73 Å². The molecule has 0 bridgehead atoms. The molecule has 0 aromatic carbocycles. The fourth-order valence-corrected chi connectivity index (χ4v) is 1.92. The van der Waals surface area contributed by atoms with Gasteiger partial charge in [0.25, 0.3) is 0 Å².